The average molecular weight is 409 g/mol. The lowest BCUT2D eigenvalue weighted by molar-refractivity contribution is -0.274. The van der Waals surface area contributed by atoms with E-state index < -0.39 is 18.2 Å². The summed E-state index contributed by atoms with van der Waals surface area (Å²) in [6, 6.07) is 6.21. The third-order valence-corrected chi connectivity index (χ3v) is 3.63. The number of aromatic nitrogens is 2. The van der Waals surface area contributed by atoms with Gasteiger partial charge in [-0.15, -0.1) is 13.2 Å². The number of alkyl halides is 3. The van der Waals surface area contributed by atoms with Crippen LogP contribution >= 0.6 is 0 Å². The number of rotatable bonds is 8. The van der Waals surface area contributed by atoms with Gasteiger partial charge in [0.05, 0.1) is 12.6 Å². The van der Waals surface area contributed by atoms with Gasteiger partial charge < -0.3 is 20.5 Å². The Morgan fingerprint density at radius 2 is 2.10 bits per heavy atom. The maximum atomic E-state index is 12.5. The number of benzene rings is 1. The minimum atomic E-state index is -4.82. The van der Waals surface area contributed by atoms with Crippen molar-refractivity contribution in [2.75, 3.05) is 17.7 Å². The minimum Gasteiger partial charge on any atom is -0.477 e. The van der Waals surface area contributed by atoms with Gasteiger partial charge in [-0.05, 0) is 31.5 Å². The van der Waals surface area contributed by atoms with E-state index in [-0.39, 0.29) is 42.0 Å². The highest BCUT2D eigenvalue weighted by atomic mass is 19.4. The normalized spacial score (nSPS) is 12.0. The molecular formula is C18H18F3N5O3. The fraction of sp³-hybridized carbons (Fsp3) is 0.333. The number of hydrogen-bond acceptors (Lipinski definition) is 8. The number of nitrogens with zero attached hydrogens (tertiary/aromatic N) is 3. The van der Waals surface area contributed by atoms with Gasteiger partial charge in [0.1, 0.15) is 11.8 Å². The average Bonchev–Trinajstić information content (AvgIpc) is 2.60. The van der Waals surface area contributed by atoms with Gasteiger partial charge in [0.25, 0.3) is 0 Å². The van der Waals surface area contributed by atoms with E-state index in [0.717, 1.165) is 12.1 Å². The summed E-state index contributed by atoms with van der Waals surface area (Å²) in [6.45, 7) is 3.48. The standard InChI is InChI=1S/C18H18F3N5O3/c1-3-28-16-13(9-22)15(25-17(23)26-16)24-10(2)14(27)8-11-5-4-6-12(7-11)29-18(19,20)21/h4-7,10H,3,8H2,1-2H3,(H3,23,24,25,26)/t10-/m0/s1. The van der Waals surface area contributed by atoms with Crippen molar-refractivity contribution < 1.29 is 27.4 Å². The van der Waals surface area contributed by atoms with E-state index in [4.69, 9.17) is 10.5 Å². The number of ether oxygens (including phenoxy) is 2. The van der Waals surface area contributed by atoms with Crippen molar-refractivity contribution in [3.05, 3.63) is 35.4 Å². The molecule has 0 spiro atoms. The van der Waals surface area contributed by atoms with Gasteiger partial charge in [-0.3, -0.25) is 4.79 Å². The molecule has 0 bridgehead atoms. The summed E-state index contributed by atoms with van der Waals surface area (Å²) in [6.07, 6.45) is -4.99. The molecule has 8 nitrogen and oxygen atoms in total. The van der Waals surface area contributed by atoms with Crippen molar-refractivity contribution in [1.29, 1.82) is 5.26 Å². The first kappa shape index (κ1) is 21.7. The second-order valence-corrected chi connectivity index (χ2v) is 5.86. The summed E-state index contributed by atoms with van der Waals surface area (Å²) in [5.41, 5.74) is 5.94. The van der Waals surface area contributed by atoms with Gasteiger partial charge in [0.2, 0.25) is 11.8 Å². The zero-order chi connectivity index (χ0) is 21.6. The highest BCUT2D eigenvalue weighted by molar-refractivity contribution is 5.88. The predicted octanol–water partition coefficient (Wildman–Crippen LogP) is 2.84. The Bertz CT molecular complexity index is 928. The molecule has 1 aromatic carbocycles. The summed E-state index contributed by atoms with van der Waals surface area (Å²) in [4.78, 5) is 20.3. The molecule has 1 heterocycles. The Morgan fingerprint density at radius 3 is 2.72 bits per heavy atom. The number of anilines is 2. The number of ketones is 1. The molecule has 0 aliphatic heterocycles. The zero-order valence-electron chi connectivity index (χ0n) is 15.6. The number of carbonyl (C=O) groups excluding carboxylic acids is 1. The number of nitrogen functional groups attached to an aromatic ring is 1. The lowest BCUT2D eigenvalue weighted by Gasteiger charge is -2.16. The van der Waals surface area contributed by atoms with Gasteiger partial charge in [0.15, 0.2) is 17.2 Å². The molecule has 1 aromatic heterocycles. The topological polar surface area (TPSA) is 123 Å². The van der Waals surface area contributed by atoms with Crippen molar-refractivity contribution in [2.45, 2.75) is 32.7 Å². The third-order valence-electron chi connectivity index (χ3n) is 3.63. The molecule has 154 valence electrons. The highest BCUT2D eigenvalue weighted by Crippen LogP contribution is 2.25. The molecular weight excluding hydrogens is 391 g/mol. The second kappa shape index (κ2) is 9.09. The largest absolute Gasteiger partial charge is 0.573 e. The molecule has 1 atom stereocenters. The Morgan fingerprint density at radius 1 is 1.38 bits per heavy atom. The molecule has 0 fully saturated rings. The predicted molar refractivity (Wildman–Crippen MR) is 97.2 cm³/mol. The van der Waals surface area contributed by atoms with Crippen LogP contribution in [-0.2, 0) is 11.2 Å². The van der Waals surface area contributed by atoms with Gasteiger partial charge in [-0.25, -0.2) is 0 Å². The first-order chi connectivity index (χ1) is 13.6. The Balaban J connectivity index is 2.14. The van der Waals surface area contributed by atoms with E-state index in [1.165, 1.54) is 19.1 Å². The lowest BCUT2D eigenvalue weighted by atomic mass is 10.0. The fourth-order valence-electron chi connectivity index (χ4n) is 2.40. The van der Waals surface area contributed by atoms with Crippen LogP contribution in [0, 0.1) is 11.3 Å². The number of hydrogen-bond donors (Lipinski definition) is 2. The van der Waals surface area contributed by atoms with Crippen LogP contribution in [0.25, 0.3) is 0 Å². The quantitative estimate of drug-likeness (QED) is 0.682. The van der Waals surface area contributed by atoms with Gasteiger partial charge >= 0.3 is 6.36 Å². The number of nitrogens with one attached hydrogen (secondary N) is 1. The van der Waals surface area contributed by atoms with E-state index >= 15 is 0 Å². The van der Waals surface area contributed by atoms with E-state index in [1.54, 1.807) is 6.92 Å². The van der Waals surface area contributed by atoms with Gasteiger partial charge in [0, 0.05) is 6.42 Å². The molecule has 11 heteroatoms. The highest BCUT2D eigenvalue weighted by Gasteiger charge is 2.31. The lowest BCUT2D eigenvalue weighted by Crippen LogP contribution is -2.29. The maximum absolute atomic E-state index is 12.5. The van der Waals surface area contributed by atoms with Crippen LogP contribution in [0.2, 0.25) is 0 Å². The van der Waals surface area contributed by atoms with Crippen molar-refractivity contribution >= 4 is 17.5 Å². The van der Waals surface area contributed by atoms with E-state index in [0.29, 0.717) is 5.56 Å². The van der Waals surface area contributed by atoms with Crippen LogP contribution in [0.4, 0.5) is 24.9 Å². The second-order valence-electron chi connectivity index (χ2n) is 5.86. The monoisotopic (exact) mass is 409 g/mol. The maximum Gasteiger partial charge on any atom is 0.573 e. The van der Waals surface area contributed by atoms with Crippen LogP contribution in [-0.4, -0.2) is 34.8 Å². The van der Waals surface area contributed by atoms with Gasteiger partial charge in [-0.1, -0.05) is 12.1 Å². The molecule has 0 radical (unpaired) electrons. The Kier molecular flexibility index (Phi) is 6.82. The van der Waals surface area contributed by atoms with Crippen molar-refractivity contribution in [3.8, 4) is 17.7 Å². The summed E-state index contributed by atoms with van der Waals surface area (Å²) in [7, 11) is 0. The molecule has 0 saturated carbocycles. The molecule has 29 heavy (non-hydrogen) atoms. The van der Waals surface area contributed by atoms with Crippen molar-refractivity contribution in [3.63, 3.8) is 0 Å². The zero-order valence-corrected chi connectivity index (χ0v) is 15.6. The number of nitrogens with two attached hydrogens (primary N) is 1. The molecule has 0 aliphatic carbocycles. The van der Waals surface area contributed by atoms with E-state index in [2.05, 4.69) is 20.0 Å². The molecule has 2 rings (SSSR count). The van der Waals surface area contributed by atoms with Gasteiger partial charge in [-0.2, -0.15) is 15.2 Å². The summed E-state index contributed by atoms with van der Waals surface area (Å²) in [5, 5.41) is 12.1. The Hall–Kier alpha value is -3.55. The molecule has 0 aliphatic rings. The number of Topliss-reactive ketones (excluding diaryl/α,β-unsaturated/α-hetero) is 1. The van der Waals surface area contributed by atoms with Crippen molar-refractivity contribution in [1.82, 2.24) is 9.97 Å². The first-order valence-electron chi connectivity index (χ1n) is 8.47. The van der Waals surface area contributed by atoms with Crippen LogP contribution < -0.4 is 20.5 Å². The SMILES string of the molecule is CCOc1nc(N)nc(N[C@@H](C)C(=O)Cc2cccc(OC(F)(F)F)c2)c1C#N. The molecule has 2 aromatic rings. The van der Waals surface area contributed by atoms with Crippen LogP contribution in [0.3, 0.4) is 0 Å². The molecule has 0 saturated heterocycles. The molecule has 3 N–H and O–H groups in total. The Labute approximate surface area is 164 Å². The number of carbonyl (C=O) groups is 1. The van der Waals surface area contributed by atoms with E-state index in [9.17, 15) is 23.2 Å². The smallest absolute Gasteiger partial charge is 0.477 e. The van der Waals surface area contributed by atoms with Crippen LogP contribution in [0.15, 0.2) is 24.3 Å². The van der Waals surface area contributed by atoms with Crippen LogP contribution in [0.5, 0.6) is 11.6 Å². The number of halogens is 3. The van der Waals surface area contributed by atoms with E-state index in [1.807, 2.05) is 6.07 Å². The summed E-state index contributed by atoms with van der Waals surface area (Å²) < 4.78 is 46.1. The minimum absolute atomic E-state index is 0.0124. The summed E-state index contributed by atoms with van der Waals surface area (Å²) in [5.74, 6) is -0.903. The first-order valence-corrected chi connectivity index (χ1v) is 8.47. The van der Waals surface area contributed by atoms with Crippen molar-refractivity contribution in [2.24, 2.45) is 0 Å². The summed E-state index contributed by atoms with van der Waals surface area (Å²) >= 11 is 0. The number of nitriles is 1. The fourth-order valence-corrected chi connectivity index (χ4v) is 2.40. The third kappa shape index (κ3) is 6.24. The molecule has 0 amide bonds. The van der Waals surface area contributed by atoms with Crippen LogP contribution in [0.1, 0.15) is 25.0 Å². The molecule has 0 unspecified atom stereocenters.